The molecule has 0 fully saturated rings. The molecule has 7 nitrogen and oxygen atoms in total. The third-order valence-corrected chi connectivity index (χ3v) is 4.79. The zero-order chi connectivity index (χ0) is 19.1. The van der Waals surface area contributed by atoms with Gasteiger partial charge in [0, 0.05) is 21.8 Å². The van der Waals surface area contributed by atoms with Gasteiger partial charge in [0.2, 0.25) is 11.9 Å². The number of phenolic OH excluding ortho intramolecular Hbond substituents is 1. The Labute approximate surface area is 160 Å². The summed E-state index contributed by atoms with van der Waals surface area (Å²) in [5.74, 6) is 0.527. The maximum absolute atomic E-state index is 12.2. The first-order chi connectivity index (χ1) is 13.0. The third kappa shape index (κ3) is 2.92. The average molecular weight is 382 g/mol. The summed E-state index contributed by atoms with van der Waals surface area (Å²) in [6, 6.07) is 13.2. The molecule has 1 aromatic heterocycles. The highest BCUT2D eigenvalue weighted by Gasteiger charge is 2.34. The van der Waals surface area contributed by atoms with E-state index in [0.717, 1.165) is 5.56 Å². The predicted molar refractivity (Wildman–Crippen MR) is 102 cm³/mol. The monoisotopic (exact) mass is 381 g/mol. The lowest BCUT2D eigenvalue weighted by molar-refractivity contribution is -0.115. The van der Waals surface area contributed by atoms with Gasteiger partial charge in [-0.05, 0) is 37.3 Å². The first-order valence-electron chi connectivity index (χ1n) is 8.23. The summed E-state index contributed by atoms with van der Waals surface area (Å²) in [4.78, 5) is 16.7. The minimum absolute atomic E-state index is 0.156. The lowest BCUT2D eigenvalue weighted by Gasteiger charge is -2.28. The molecule has 0 radical (unpaired) electrons. The first-order valence-corrected chi connectivity index (χ1v) is 8.61. The number of carbonyl (C=O) groups excluding carboxylic acids is 1. The molecule has 0 saturated carbocycles. The molecule has 0 unspecified atom stereocenters. The maximum atomic E-state index is 12.2. The number of hydrogen-bond donors (Lipinski definition) is 3. The number of phenols is 1. The fourth-order valence-electron chi connectivity index (χ4n) is 3.19. The molecule has 136 valence electrons. The predicted octanol–water partition coefficient (Wildman–Crippen LogP) is 3.08. The summed E-state index contributed by atoms with van der Waals surface area (Å²) >= 11 is 6.40. The van der Waals surface area contributed by atoms with Crippen molar-refractivity contribution >= 4 is 23.5 Å². The lowest BCUT2D eigenvalue weighted by Crippen LogP contribution is -2.32. The Morgan fingerprint density at radius 3 is 2.59 bits per heavy atom. The number of aromatic hydroxyl groups is 1. The fraction of sp³-hybridized carbons (Fsp3) is 0.105. The van der Waals surface area contributed by atoms with E-state index >= 15 is 0 Å². The number of fused-ring (bicyclic) bond motifs is 1. The van der Waals surface area contributed by atoms with Gasteiger partial charge in [0.15, 0.2) is 5.82 Å². The Hall–Kier alpha value is -3.32. The molecule has 8 heteroatoms. The molecule has 4 rings (SSSR count). The minimum Gasteiger partial charge on any atom is -0.508 e. The summed E-state index contributed by atoms with van der Waals surface area (Å²) in [6.45, 7) is 1.77. The molecule has 1 atom stereocenters. The number of amides is 1. The first kappa shape index (κ1) is 17.1. The zero-order valence-corrected chi connectivity index (χ0v) is 15.1. The van der Waals surface area contributed by atoms with Crippen LogP contribution in [0.4, 0.5) is 5.95 Å². The molecule has 1 amide bonds. The Balaban J connectivity index is 1.90. The van der Waals surface area contributed by atoms with E-state index in [9.17, 15) is 9.90 Å². The number of allylic oxidation sites excluding steroid dienone is 1. The largest absolute Gasteiger partial charge is 0.508 e. The number of nitrogens with one attached hydrogen (secondary N) is 1. The molecule has 2 heterocycles. The maximum Gasteiger partial charge on any atom is 0.248 e. The zero-order valence-electron chi connectivity index (χ0n) is 14.3. The summed E-state index contributed by atoms with van der Waals surface area (Å²) < 4.78 is 1.61. The van der Waals surface area contributed by atoms with Crippen molar-refractivity contribution in [2.75, 3.05) is 5.32 Å². The van der Waals surface area contributed by atoms with E-state index in [1.54, 1.807) is 41.9 Å². The van der Waals surface area contributed by atoms with E-state index < -0.39 is 11.9 Å². The Morgan fingerprint density at radius 2 is 1.93 bits per heavy atom. The molecule has 0 spiro atoms. The lowest BCUT2D eigenvalue weighted by atomic mass is 9.95. The molecule has 4 N–H and O–H groups in total. The number of hydrogen-bond acceptors (Lipinski definition) is 5. The van der Waals surface area contributed by atoms with E-state index in [1.165, 1.54) is 0 Å². The van der Waals surface area contributed by atoms with Crippen LogP contribution >= 0.6 is 11.6 Å². The highest BCUT2D eigenvalue weighted by Crippen LogP contribution is 2.38. The van der Waals surface area contributed by atoms with Gasteiger partial charge >= 0.3 is 0 Å². The van der Waals surface area contributed by atoms with Gasteiger partial charge in [-0.2, -0.15) is 4.98 Å². The minimum atomic E-state index is -0.592. The molecule has 1 aliphatic rings. The Bertz CT molecular complexity index is 1070. The van der Waals surface area contributed by atoms with Gasteiger partial charge in [-0.25, -0.2) is 4.68 Å². The number of nitrogens with two attached hydrogens (primary N) is 1. The van der Waals surface area contributed by atoms with Gasteiger partial charge in [0.1, 0.15) is 11.8 Å². The molecule has 3 aromatic rings. The Kier molecular flexibility index (Phi) is 4.08. The van der Waals surface area contributed by atoms with Crippen molar-refractivity contribution in [2.24, 2.45) is 5.73 Å². The van der Waals surface area contributed by atoms with Gasteiger partial charge in [-0.3, -0.25) is 4.79 Å². The van der Waals surface area contributed by atoms with Crippen LogP contribution in [0.5, 0.6) is 5.75 Å². The smallest absolute Gasteiger partial charge is 0.248 e. The number of benzene rings is 2. The third-order valence-electron chi connectivity index (χ3n) is 4.44. The van der Waals surface area contributed by atoms with Crippen molar-refractivity contribution in [3.05, 3.63) is 70.4 Å². The van der Waals surface area contributed by atoms with Crippen molar-refractivity contribution in [3.63, 3.8) is 0 Å². The number of carbonyl (C=O) groups is 1. The van der Waals surface area contributed by atoms with Crippen LogP contribution in [0.2, 0.25) is 5.02 Å². The van der Waals surface area contributed by atoms with Crippen molar-refractivity contribution in [2.45, 2.75) is 13.0 Å². The SMILES string of the molecule is CC1=C(C(N)=O)[C@@H](c2ccccc2Cl)n2nc(-c3ccc(O)cc3)nc2N1. The standard InChI is InChI=1S/C19H16ClN5O2/c1-10-15(17(21)27)16(13-4-2-3-5-14(13)20)25-19(22-10)23-18(24-25)11-6-8-12(26)9-7-11/h2-9,16,26H,1H3,(H2,21,27)(H,22,23,24)/t16-/m1/s1. The second-order valence-corrected chi connectivity index (χ2v) is 6.61. The normalized spacial score (nSPS) is 16.0. The highest BCUT2D eigenvalue weighted by molar-refractivity contribution is 6.31. The van der Waals surface area contributed by atoms with Crippen LogP contribution in [0.1, 0.15) is 18.5 Å². The van der Waals surface area contributed by atoms with Crippen LogP contribution in [0.25, 0.3) is 11.4 Å². The van der Waals surface area contributed by atoms with Crippen molar-refractivity contribution in [1.29, 1.82) is 0 Å². The van der Waals surface area contributed by atoms with Crippen LogP contribution in [0, 0.1) is 0 Å². The summed E-state index contributed by atoms with van der Waals surface area (Å²) in [6.07, 6.45) is 0. The van der Waals surface area contributed by atoms with E-state index in [4.69, 9.17) is 17.3 Å². The average Bonchev–Trinajstić information content (AvgIpc) is 3.05. The summed E-state index contributed by atoms with van der Waals surface area (Å²) in [5.41, 5.74) is 8.07. The van der Waals surface area contributed by atoms with Crippen LogP contribution in [0.3, 0.4) is 0 Å². The van der Waals surface area contributed by atoms with Crippen LogP contribution < -0.4 is 11.1 Å². The quantitative estimate of drug-likeness (QED) is 0.646. The van der Waals surface area contributed by atoms with Crippen LogP contribution in [-0.2, 0) is 4.79 Å². The number of aromatic nitrogens is 3. The van der Waals surface area contributed by atoms with E-state index in [-0.39, 0.29) is 5.75 Å². The number of rotatable bonds is 3. The van der Waals surface area contributed by atoms with Gasteiger partial charge in [-0.1, -0.05) is 29.8 Å². The molecule has 1 aliphatic heterocycles. The Morgan fingerprint density at radius 1 is 1.22 bits per heavy atom. The van der Waals surface area contributed by atoms with Crippen molar-refractivity contribution in [3.8, 4) is 17.1 Å². The highest BCUT2D eigenvalue weighted by atomic mass is 35.5. The summed E-state index contributed by atoms with van der Waals surface area (Å²) in [7, 11) is 0. The number of anilines is 1. The number of primary amides is 1. The molecule has 27 heavy (non-hydrogen) atoms. The van der Waals surface area contributed by atoms with E-state index in [0.29, 0.717) is 33.6 Å². The van der Waals surface area contributed by atoms with Crippen LogP contribution in [0.15, 0.2) is 59.8 Å². The fourth-order valence-corrected chi connectivity index (χ4v) is 3.43. The molecule has 0 bridgehead atoms. The number of nitrogens with zero attached hydrogens (tertiary/aromatic N) is 3. The molecular weight excluding hydrogens is 366 g/mol. The van der Waals surface area contributed by atoms with Gasteiger partial charge in [0.05, 0.1) is 5.57 Å². The van der Waals surface area contributed by atoms with Gasteiger partial charge in [-0.15, -0.1) is 5.10 Å². The van der Waals surface area contributed by atoms with Crippen molar-refractivity contribution < 1.29 is 9.90 Å². The second kappa shape index (κ2) is 6.44. The molecular formula is C19H16ClN5O2. The molecule has 0 saturated heterocycles. The summed E-state index contributed by atoms with van der Waals surface area (Å²) in [5, 5.41) is 17.7. The van der Waals surface area contributed by atoms with E-state index in [1.807, 2.05) is 18.2 Å². The topological polar surface area (TPSA) is 106 Å². The second-order valence-electron chi connectivity index (χ2n) is 6.20. The number of halogens is 1. The van der Waals surface area contributed by atoms with E-state index in [2.05, 4.69) is 15.4 Å². The van der Waals surface area contributed by atoms with Gasteiger partial charge < -0.3 is 16.2 Å². The molecule has 2 aromatic carbocycles. The van der Waals surface area contributed by atoms with Crippen LogP contribution in [-0.4, -0.2) is 25.8 Å². The van der Waals surface area contributed by atoms with Gasteiger partial charge in [0.25, 0.3) is 0 Å². The molecule has 0 aliphatic carbocycles. The van der Waals surface area contributed by atoms with Crippen molar-refractivity contribution in [1.82, 2.24) is 14.8 Å².